The largest absolute Gasteiger partial charge is 0.380 e. The van der Waals surface area contributed by atoms with Gasteiger partial charge in [0, 0.05) is 109 Å². The fraction of sp³-hybridized carbons (Fsp3) is 0.348. The second-order valence-corrected chi connectivity index (χ2v) is 16.1. The normalized spacial score (nSPS) is 18.3. The van der Waals surface area contributed by atoms with Gasteiger partial charge in [0.15, 0.2) is 0 Å². The molecule has 63 heavy (non-hydrogen) atoms. The fourth-order valence-corrected chi connectivity index (χ4v) is 8.83. The van der Waals surface area contributed by atoms with E-state index in [2.05, 4.69) is 36.1 Å². The van der Waals surface area contributed by atoms with Gasteiger partial charge in [0.25, 0.3) is 11.8 Å². The topological polar surface area (TPSA) is 211 Å². The number of piperidine rings is 1. The molecule has 0 saturated carbocycles. The number of carbonyl (C=O) groups excluding carboxylic acids is 6. The lowest BCUT2D eigenvalue weighted by Crippen LogP contribution is -2.52. The predicted octanol–water partition coefficient (Wildman–Crippen LogP) is 2.98. The summed E-state index contributed by atoms with van der Waals surface area (Å²) in [4.78, 5) is 95.4. The third-order valence-corrected chi connectivity index (χ3v) is 12.1. The lowest BCUT2D eigenvalue weighted by molar-refractivity contribution is -0.137. The average molecular weight is 853 g/mol. The summed E-state index contributed by atoms with van der Waals surface area (Å²) < 4.78 is 5.95. The van der Waals surface area contributed by atoms with Crippen molar-refractivity contribution in [2.24, 2.45) is 0 Å². The molecule has 324 valence electrons. The van der Waals surface area contributed by atoms with E-state index >= 15 is 0 Å². The first-order chi connectivity index (χ1) is 30.7. The highest BCUT2D eigenvalue weighted by molar-refractivity contribution is 6.36. The van der Waals surface area contributed by atoms with Crippen LogP contribution < -0.4 is 26.2 Å². The third-order valence-electron chi connectivity index (χ3n) is 12.1. The van der Waals surface area contributed by atoms with Crippen LogP contribution in [0.1, 0.15) is 59.3 Å². The van der Waals surface area contributed by atoms with Crippen LogP contribution in [0.5, 0.6) is 0 Å². The Morgan fingerprint density at radius 1 is 0.825 bits per heavy atom. The number of nitrogens with zero attached hydrogens (tertiary/aromatic N) is 5. The van der Waals surface area contributed by atoms with Gasteiger partial charge in [-0.1, -0.05) is 42.5 Å². The number of fused-ring (bicyclic) bond motifs is 3. The molecular weight excluding hydrogens is 805 g/mol. The predicted molar refractivity (Wildman–Crippen MR) is 235 cm³/mol. The molecule has 0 radical (unpaired) electrons. The standard InChI is InChI=1S/C46H48N10O7/c57-38-15-14-37(43(60)51-38)56-27-33-29(45(56)62)10-7-13-35(33)49-26-40(59)47-16-5-6-22-63-23-21-54-17-19-55(20-18-54)46-50-36-12-4-2-9-30(36)42(53-46)31-24-39(58)52-44(61)41(31)32-25-48-34-11-3-1-8-28(32)34/h1-4,7-13,25,37,48-49H,5-6,14-24,26-27H2,(H,47,59)(H,51,57,60)(H,52,58,61). The molecule has 0 spiro atoms. The molecule has 3 aromatic carbocycles. The van der Waals surface area contributed by atoms with Crippen molar-refractivity contribution in [3.05, 3.63) is 95.3 Å². The monoisotopic (exact) mass is 852 g/mol. The number of unbranched alkanes of at least 4 members (excludes halogenated alkanes) is 1. The molecule has 0 aliphatic carbocycles. The van der Waals surface area contributed by atoms with Gasteiger partial charge in [-0.15, -0.1) is 0 Å². The summed E-state index contributed by atoms with van der Waals surface area (Å²) in [5, 5.41) is 12.6. The van der Waals surface area contributed by atoms with Gasteiger partial charge in [0.05, 0.1) is 36.4 Å². The van der Waals surface area contributed by atoms with Gasteiger partial charge in [-0.25, -0.2) is 9.97 Å². The lowest BCUT2D eigenvalue weighted by Gasteiger charge is -2.35. The second-order valence-electron chi connectivity index (χ2n) is 16.1. The van der Waals surface area contributed by atoms with Crippen molar-refractivity contribution in [1.29, 1.82) is 0 Å². The zero-order valence-electron chi connectivity index (χ0n) is 34.7. The first-order valence-corrected chi connectivity index (χ1v) is 21.4. The van der Waals surface area contributed by atoms with Crippen molar-refractivity contribution in [2.75, 3.05) is 69.2 Å². The minimum atomic E-state index is -0.701. The summed E-state index contributed by atoms with van der Waals surface area (Å²) in [6.45, 7) is 5.68. The number of anilines is 2. The number of para-hydroxylation sites is 2. The van der Waals surface area contributed by atoms with Crippen LogP contribution in [-0.2, 0) is 35.3 Å². The summed E-state index contributed by atoms with van der Waals surface area (Å²) in [6.07, 6.45) is 3.85. The third kappa shape index (κ3) is 8.74. The molecule has 1 unspecified atom stereocenters. The summed E-state index contributed by atoms with van der Waals surface area (Å²) in [6, 6.07) is 20.0. The number of H-pyrrole nitrogens is 1. The van der Waals surface area contributed by atoms with Gasteiger partial charge < -0.3 is 30.2 Å². The van der Waals surface area contributed by atoms with Crippen LogP contribution in [-0.4, -0.2) is 125 Å². The van der Waals surface area contributed by atoms with Gasteiger partial charge in [0.2, 0.25) is 29.6 Å². The van der Waals surface area contributed by atoms with Crippen molar-refractivity contribution in [3.8, 4) is 0 Å². The summed E-state index contributed by atoms with van der Waals surface area (Å²) in [5.74, 6) is -1.48. The Morgan fingerprint density at radius 3 is 2.48 bits per heavy atom. The molecule has 5 aromatic rings. The van der Waals surface area contributed by atoms with Gasteiger partial charge in [-0.05, 0) is 43.5 Å². The van der Waals surface area contributed by atoms with Crippen LogP contribution in [0.15, 0.2) is 72.9 Å². The maximum Gasteiger partial charge on any atom is 0.258 e. The minimum absolute atomic E-state index is 0.0131. The zero-order chi connectivity index (χ0) is 43.5. The Bertz CT molecular complexity index is 2670. The van der Waals surface area contributed by atoms with Gasteiger partial charge >= 0.3 is 0 Å². The molecule has 4 aliphatic rings. The van der Waals surface area contributed by atoms with E-state index in [9.17, 15) is 28.8 Å². The molecule has 2 saturated heterocycles. The summed E-state index contributed by atoms with van der Waals surface area (Å²) in [7, 11) is 0. The summed E-state index contributed by atoms with van der Waals surface area (Å²) in [5.41, 5.74) is 5.83. The number of hydrogen-bond donors (Lipinski definition) is 5. The molecule has 0 bridgehead atoms. The van der Waals surface area contributed by atoms with Gasteiger partial charge in [-0.3, -0.25) is 44.3 Å². The first-order valence-electron chi connectivity index (χ1n) is 21.4. The van der Waals surface area contributed by atoms with E-state index in [1.807, 2.05) is 60.8 Å². The van der Waals surface area contributed by atoms with Crippen molar-refractivity contribution >= 4 is 80.0 Å². The number of aromatic amines is 1. The first kappa shape index (κ1) is 41.4. The molecule has 2 fully saturated rings. The molecule has 6 heterocycles. The highest BCUT2D eigenvalue weighted by Gasteiger charge is 2.40. The van der Waals surface area contributed by atoms with Crippen LogP contribution in [0.25, 0.3) is 33.0 Å². The molecule has 9 rings (SSSR count). The van der Waals surface area contributed by atoms with E-state index in [1.165, 1.54) is 4.90 Å². The van der Waals surface area contributed by atoms with Crippen molar-refractivity contribution in [1.82, 2.24) is 40.7 Å². The Kier molecular flexibility index (Phi) is 11.9. The molecule has 5 N–H and O–H groups in total. The number of piperazine rings is 1. The van der Waals surface area contributed by atoms with E-state index < -0.39 is 17.9 Å². The Hall–Kier alpha value is -6.98. The maximum absolute atomic E-state index is 13.5. The van der Waals surface area contributed by atoms with Crippen LogP contribution >= 0.6 is 0 Å². The van der Waals surface area contributed by atoms with Crippen LogP contribution in [0, 0.1) is 0 Å². The maximum atomic E-state index is 13.5. The zero-order valence-corrected chi connectivity index (χ0v) is 34.7. The molecule has 6 amide bonds. The molecule has 17 heteroatoms. The number of aromatic nitrogens is 3. The molecule has 17 nitrogen and oxygen atoms in total. The second kappa shape index (κ2) is 18.2. The van der Waals surface area contributed by atoms with E-state index in [-0.39, 0.29) is 56.0 Å². The number of ether oxygens (including phenoxy) is 1. The highest BCUT2D eigenvalue weighted by atomic mass is 16.5. The quantitative estimate of drug-likeness (QED) is 0.0761. The number of nitrogens with one attached hydrogen (secondary N) is 5. The Balaban J connectivity index is 0.720. The van der Waals surface area contributed by atoms with Crippen LogP contribution in [0.4, 0.5) is 11.6 Å². The van der Waals surface area contributed by atoms with E-state index in [0.717, 1.165) is 65.4 Å². The van der Waals surface area contributed by atoms with Crippen LogP contribution in [0.2, 0.25) is 0 Å². The molecular formula is C46H48N10O7. The number of carbonyl (C=O) groups is 6. The van der Waals surface area contributed by atoms with Crippen LogP contribution in [0.3, 0.4) is 0 Å². The minimum Gasteiger partial charge on any atom is -0.380 e. The average Bonchev–Trinajstić information content (AvgIpc) is 3.87. The van der Waals surface area contributed by atoms with Gasteiger partial charge in [-0.2, -0.15) is 0 Å². The lowest BCUT2D eigenvalue weighted by atomic mass is 9.90. The van der Waals surface area contributed by atoms with E-state index in [0.29, 0.717) is 66.9 Å². The van der Waals surface area contributed by atoms with Crippen molar-refractivity contribution in [3.63, 3.8) is 0 Å². The smallest absolute Gasteiger partial charge is 0.258 e. The van der Waals surface area contributed by atoms with Gasteiger partial charge in [0.1, 0.15) is 6.04 Å². The van der Waals surface area contributed by atoms with E-state index in [4.69, 9.17) is 14.7 Å². The number of imide groups is 2. The number of rotatable bonds is 15. The Labute approximate surface area is 362 Å². The highest BCUT2D eigenvalue weighted by Crippen LogP contribution is 2.38. The molecule has 4 aliphatic heterocycles. The van der Waals surface area contributed by atoms with Crippen molar-refractivity contribution in [2.45, 2.75) is 44.7 Å². The Morgan fingerprint density at radius 2 is 1.63 bits per heavy atom. The fourth-order valence-electron chi connectivity index (χ4n) is 8.83. The molecule has 2 aromatic heterocycles. The SMILES string of the molecule is O=C(CNc1cccc2c1CN(C1CCC(=O)NC1=O)C2=O)NCCCCOCCN1CCN(c2nc(C3=C(c4c[nH]c5ccccc45)C(=O)NC(=O)C3)c3ccccc3n2)CC1. The van der Waals surface area contributed by atoms with Crippen molar-refractivity contribution < 1.29 is 33.5 Å². The number of benzene rings is 3. The van der Waals surface area contributed by atoms with E-state index in [1.54, 1.807) is 12.1 Å². The summed E-state index contributed by atoms with van der Waals surface area (Å²) >= 11 is 0. The number of amides is 6. The number of hydrogen-bond acceptors (Lipinski definition) is 12. The molecule has 1 atom stereocenters.